The van der Waals surface area contributed by atoms with Gasteiger partial charge in [-0.1, -0.05) is 30.3 Å². The van der Waals surface area contributed by atoms with Gasteiger partial charge < -0.3 is 10.4 Å². The summed E-state index contributed by atoms with van der Waals surface area (Å²) in [4.78, 5) is 23.5. The molecule has 2 N–H and O–H groups in total. The topological polar surface area (TPSA) is 66.4 Å². The molecule has 0 bridgehead atoms. The van der Waals surface area contributed by atoms with Gasteiger partial charge in [0.15, 0.2) is 0 Å². The van der Waals surface area contributed by atoms with Gasteiger partial charge in [-0.3, -0.25) is 9.59 Å². The average Bonchev–Trinajstić information content (AvgIpc) is 2.27. The van der Waals surface area contributed by atoms with Crippen molar-refractivity contribution in [3.05, 3.63) is 35.9 Å². The second-order valence-electron chi connectivity index (χ2n) is 5.98. The molecule has 0 spiro atoms. The van der Waals surface area contributed by atoms with E-state index in [1.165, 1.54) is 0 Å². The molecule has 0 saturated carbocycles. The van der Waals surface area contributed by atoms with Crippen LogP contribution in [0.5, 0.6) is 0 Å². The van der Waals surface area contributed by atoms with E-state index in [-0.39, 0.29) is 17.9 Å². The predicted molar refractivity (Wildman–Crippen MR) is 73.9 cm³/mol. The van der Waals surface area contributed by atoms with Crippen molar-refractivity contribution in [1.82, 2.24) is 5.32 Å². The van der Waals surface area contributed by atoms with Crippen molar-refractivity contribution in [3.63, 3.8) is 0 Å². The Morgan fingerprint density at radius 3 is 2.05 bits per heavy atom. The lowest BCUT2D eigenvalue weighted by molar-refractivity contribution is -0.145. The molecule has 0 radical (unpaired) electrons. The first-order valence-corrected chi connectivity index (χ1v) is 6.25. The number of rotatable bonds is 4. The van der Waals surface area contributed by atoms with Crippen LogP contribution in [0, 0.1) is 0 Å². The number of carbonyl (C=O) groups excluding carboxylic acids is 1. The van der Waals surface area contributed by atoms with Gasteiger partial charge in [0.05, 0.1) is 5.41 Å². The molecule has 0 aromatic heterocycles. The molecular formula is C15H21NO3. The molecule has 1 rings (SSSR count). The lowest BCUT2D eigenvalue weighted by Gasteiger charge is -2.27. The fraction of sp³-hybridized carbons (Fsp3) is 0.467. The van der Waals surface area contributed by atoms with E-state index in [1.54, 1.807) is 31.2 Å². The molecule has 0 aliphatic carbocycles. The molecule has 104 valence electrons. The maximum atomic E-state index is 12.0. The number of carboxylic acids is 1. The minimum Gasteiger partial charge on any atom is -0.481 e. The van der Waals surface area contributed by atoms with Gasteiger partial charge in [-0.25, -0.2) is 0 Å². The van der Waals surface area contributed by atoms with Crippen LogP contribution in [0.3, 0.4) is 0 Å². The highest BCUT2D eigenvalue weighted by Crippen LogP contribution is 2.28. The van der Waals surface area contributed by atoms with Gasteiger partial charge in [-0.2, -0.15) is 0 Å². The molecule has 0 fully saturated rings. The highest BCUT2D eigenvalue weighted by Gasteiger charge is 2.38. The number of nitrogens with one attached hydrogen (secondary N) is 1. The zero-order chi connectivity index (χ0) is 14.7. The Kier molecular flexibility index (Phi) is 4.35. The first kappa shape index (κ1) is 15.2. The normalized spacial score (nSPS) is 14.5. The fourth-order valence-corrected chi connectivity index (χ4v) is 1.89. The standard InChI is InChI=1S/C15H21NO3/c1-14(2,3)16-12(17)10-15(4,13(18)19)11-8-6-5-7-9-11/h5-9H,10H2,1-4H3,(H,16,17)(H,18,19). The summed E-state index contributed by atoms with van der Waals surface area (Å²) in [5, 5.41) is 12.3. The van der Waals surface area contributed by atoms with Gasteiger partial charge in [0, 0.05) is 12.0 Å². The molecule has 0 saturated heterocycles. The summed E-state index contributed by atoms with van der Waals surface area (Å²) in [5.74, 6) is -1.26. The van der Waals surface area contributed by atoms with Crippen molar-refractivity contribution < 1.29 is 14.7 Å². The number of carboxylic acid groups (broad SMARTS) is 1. The Hall–Kier alpha value is -1.84. The lowest BCUT2D eigenvalue weighted by atomic mass is 9.79. The second kappa shape index (κ2) is 5.43. The first-order valence-electron chi connectivity index (χ1n) is 6.25. The van der Waals surface area contributed by atoms with Crippen molar-refractivity contribution in [3.8, 4) is 0 Å². The molecule has 0 heterocycles. The van der Waals surface area contributed by atoms with Gasteiger partial charge in [0.1, 0.15) is 0 Å². The molecule has 0 aliphatic rings. The monoisotopic (exact) mass is 263 g/mol. The molecule has 19 heavy (non-hydrogen) atoms. The van der Waals surface area contributed by atoms with Crippen molar-refractivity contribution >= 4 is 11.9 Å². The second-order valence-corrected chi connectivity index (χ2v) is 5.98. The Bertz CT molecular complexity index is 462. The predicted octanol–water partition coefficient (Wildman–Crippen LogP) is 2.33. The molecule has 1 amide bonds. The van der Waals surface area contributed by atoms with Crippen LogP contribution in [0.25, 0.3) is 0 Å². The van der Waals surface area contributed by atoms with Gasteiger partial charge >= 0.3 is 5.97 Å². The summed E-state index contributed by atoms with van der Waals surface area (Å²) >= 11 is 0. The maximum absolute atomic E-state index is 12.0. The van der Waals surface area contributed by atoms with E-state index in [9.17, 15) is 14.7 Å². The number of hydrogen-bond acceptors (Lipinski definition) is 2. The molecule has 1 aromatic rings. The SMILES string of the molecule is CC(C)(C)NC(=O)CC(C)(C(=O)O)c1ccccc1. The summed E-state index contributed by atoms with van der Waals surface area (Å²) in [7, 11) is 0. The highest BCUT2D eigenvalue weighted by atomic mass is 16.4. The molecule has 0 aliphatic heterocycles. The first-order chi connectivity index (χ1) is 8.65. The fourth-order valence-electron chi connectivity index (χ4n) is 1.89. The third-order valence-corrected chi connectivity index (χ3v) is 2.91. The zero-order valence-corrected chi connectivity index (χ0v) is 11.9. The van der Waals surface area contributed by atoms with Gasteiger partial charge in [0.25, 0.3) is 0 Å². The molecule has 1 atom stereocenters. The van der Waals surface area contributed by atoms with Crippen LogP contribution >= 0.6 is 0 Å². The zero-order valence-electron chi connectivity index (χ0n) is 11.9. The van der Waals surface area contributed by atoms with Crippen LogP contribution in [0.2, 0.25) is 0 Å². The van der Waals surface area contributed by atoms with Gasteiger partial charge in [0.2, 0.25) is 5.91 Å². The largest absolute Gasteiger partial charge is 0.481 e. The summed E-state index contributed by atoms with van der Waals surface area (Å²) in [6.07, 6.45) is -0.0797. The quantitative estimate of drug-likeness (QED) is 0.876. The summed E-state index contributed by atoms with van der Waals surface area (Å²) in [6.45, 7) is 7.18. The van der Waals surface area contributed by atoms with Crippen molar-refractivity contribution in [1.29, 1.82) is 0 Å². The summed E-state index contributed by atoms with van der Waals surface area (Å²) in [6, 6.07) is 8.84. The van der Waals surface area contributed by atoms with E-state index in [1.807, 2.05) is 26.8 Å². The number of carbonyl (C=O) groups is 2. The smallest absolute Gasteiger partial charge is 0.314 e. The van der Waals surface area contributed by atoms with E-state index in [0.717, 1.165) is 0 Å². The lowest BCUT2D eigenvalue weighted by Crippen LogP contribution is -2.45. The van der Waals surface area contributed by atoms with E-state index in [2.05, 4.69) is 5.32 Å². The number of benzene rings is 1. The van der Waals surface area contributed by atoms with E-state index < -0.39 is 11.4 Å². The minimum absolute atomic E-state index is 0.0797. The molecular weight excluding hydrogens is 242 g/mol. The van der Waals surface area contributed by atoms with E-state index in [4.69, 9.17) is 0 Å². The molecule has 1 aromatic carbocycles. The van der Waals surface area contributed by atoms with Crippen LogP contribution < -0.4 is 5.32 Å². The Balaban J connectivity index is 2.97. The Morgan fingerprint density at radius 1 is 1.11 bits per heavy atom. The van der Waals surface area contributed by atoms with Gasteiger partial charge in [-0.05, 0) is 33.3 Å². The molecule has 4 heteroatoms. The average molecular weight is 263 g/mol. The number of aliphatic carboxylic acids is 1. The number of hydrogen-bond donors (Lipinski definition) is 2. The molecule has 1 unspecified atom stereocenters. The van der Waals surface area contributed by atoms with Crippen LogP contribution in [0.1, 0.15) is 39.7 Å². The Labute approximate surface area is 113 Å². The van der Waals surface area contributed by atoms with Crippen LogP contribution in [-0.2, 0) is 15.0 Å². The highest BCUT2D eigenvalue weighted by molar-refractivity contribution is 5.89. The Morgan fingerprint density at radius 2 is 1.63 bits per heavy atom. The van der Waals surface area contributed by atoms with Crippen molar-refractivity contribution in [2.75, 3.05) is 0 Å². The van der Waals surface area contributed by atoms with E-state index in [0.29, 0.717) is 5.56 Å². The van der Waals surface area contributed by atoms with E-state index >= 15 is 0 Å². The van der Waals surface area contributed by atoms with Crippen LogP contribution in [-0.4, -0.2) is 22.5 Å². The summed E-state index contributed by atoms with van der Waals surface area (Å²) < 4.78 is 0. The third-order valence-electron chi connectivity index (χ3n) is 2.91. The van der Waals surface area contributed by atoms with Crippen LogP contribution in [0.4, 0.5) is 0 Å². The van der Waals surface area contributed by atoms with Gasteiger partial charge in [-0.15, -0.1) is 0 Å². The van der Waals surface area contributed by atoms with Crippen LogP contribution in [0.15, 0.2) is 30.3 Å². The number of amides is 1. The summed E-state index contributed by atoms with van der Waals surface area (Å²) in [5.41, 5.74) is -0.949. The van der Waals surface area contributed by atoms with Crippen molar-refractivity contribution in [2.24, 2.45) is 0 Å². The van der Waals surface area contributed by atoms with Crippen molar-refractivity contribution in [2.45, 2.75) is 45.1 Å². The maximum Gasteiger partial charge on any atom is 0.314 e. The minimum atomic E-state index is -1.21. The third kappa shape index (κ3) is 4.09. The molecule has 4 nitrogen and oxygen atoms in total.